The van der Waals surface area contributed by atoms with Gasteiger partial charge in [-0.2, -0.15) is 5.10 Å². The number of aromatic amines is 1. The lowest BCUT2D eigenvalue weighted by Gasteiger charge is -2.18. The molecule has 1 aliphatic heterocycles. The maximum absolute atomic E-state index is 12.0. The van der Waals surface area contributed by atoms with Crippen molar-refractivity contribution < 1.29 is 9.59 Å². The van der Waals surface area contributed by atoms with Crippen LogP contribution in [0.3, 0.4) is 0 Å². The van der Waals surface area contributed by atoms with Gasteiger partial charge in [0.25, 0.3) is 5.91 Å². The molecule has 1 aliphatic rings. The molecule has 2 amide bonds. The van der Waals surface area contributed by atoms with E-state index in [0.717, 1.165) is 0 Å². The van der Waals surface area contributed by atoms with Crippen molar-refractivity contribution in [1.82, 2.24) is 20.4 Å². The van der Waals surface area contributed by atoms with Crippen LogP contribution in [0.2, 0.25) is 0 Å². The summed E-state index contributed by atoms with van der Waals surface area (Å²) in [6.45, 7) is 1.37. The quantitative estimate of drug-likeness (QED) is 0.565. The molecule has 2 heterocycles. The van der Waals surface area contributed by atoms with Crippen molar-refractivity contribution in [3.63, 3.8) is 0 Å². The second kappa shape index (κ2) is 4.21. The Kier molecular flexibility index (Phi) is 2.76. The van der Waals surface area contributed by atoms with E-state index in [4.69, 9.17) is 5.73 Å². The minimum Gasteiger partial charge on any atom is -0.396 e. The van der Waals surface area contributed by atoms with Gasteiger partial charge in [0.15, 0.2) is 0 Å². The van der Waals surface area contributed by atoms with Crippen molar-refractivity contribution in [2.45, 2.75) is 6.42 Å². The average Bonchev–Trinajstić information content (AvgIpc) is 2.56. The Morgan fingerprint density at radius 3 is 3.00 bits per heavy atom. The van der Waals surface area contributed by atoms with Gasteiger partial charge in [-0.05, 0) is 0 Å². The van der Waals surface area contributed by atoms with E-state index < -0.39 is 0 Å². The standard InChI is InChI=1S/C9H13N5O2/c10-6-5-12-13-8(6)9(16)14-3-1-7(15)11-2-4-14/h5H,1-4,10H2,(H,11,15)(H,12,13). The lowest BCUT2D eigenvalue weighted by Crippen LogP contribution is -2.34. The number of nitrogens with two attached hydrogens (primary N) is 1. The van der Waals surface area contributed by atoms with Crippen molar-refractivity contribution in [2.75, 3.05) is 25.4 Å². The molecular formula is C9H13N5O2. The summed E-state index contributed by atoms with van der Waals surface area (Å²) < 4.78 is 0. The number of aromatic nitrogens is 2. The summed E-state index contributed by atoms with van der Waals surface area (Å²) in [5.74, 6) is -0.251. The third-order valence-corrected chi connectivity index (χ3v) is 2.48. The molecule has 16 heavy (non-hydrogen) atoms. The van der Waals surface area contributed by atoms with Gasteiger partial charge < -0.3 is 16.0 Å². The van der Waals surface area contributed by atoms with Gasteiger partial charge in [-0.3, -0.25) is 14.7 Å². The fourth-order valence-corrected chi connectivity index (χ4v) is 1.59. The molecule has 86 valence electrons. The lowest BCUT2D eigenvalue weighted by molar-refractivity contribution is -0.120. The summed E-state index contributed by atoms with van der Waals surface area (Å²) in [6, 6.07) is 0. The van der Waals surface area contributed by atoms with E-state index >= 15 is 0 Å². The monoisotopic (exact) mass is 223 g/mol. The zero-order valence-electron chi connectivity index (χ0n) is 8.69. The predicted molar refractivity (Wildman–Crippen MR) is 56.5 cm³/mol. The molecule has 1 saturated heterocycles. The second-order valence-corrected chi connectivity index (χ2v) is 3.59. The number of carbonyl (C=O) groups is 2. The fraction of sp³-hybridized carbons (Fsp3) is 0.444. The summed E-state index contributed by atoms with van der Waals surface area (Å²) in [5, 5.41) is 8.96. The Labute approximate surface area is 92.0 Å². The van der Waals surface area contributed by atoms with Crippen molar-refractivity contribution >= 4 is 17.5 Å². The molecule has 7 heteroatoms. The van der Waals surface area contributed by atoms with Crippen LogP contribution in [0.25, 0.3) is 0 Å². The van der Waals surface area contributed by atoms with Gasteiger partial charge in [0, 0.05) is 26.1 Å². The summed E-state index contributed by atoms with van der Waals surface area (Å²) in [5.41, 5.74) is 6.20. The summed E-state index contributed by atoms with van der Waals surface area (Å²) >= 11 is 0. The van der Waals surface area contributed by atoms with Crippen LogP contribution < -0.4 is 11.1 Å². The van der Waals surface area contributed by atoms with Crippen molar-refractivity contribution in [3.05, 3.63) is 11.9 Å². The molecule has 0 aromatic carbocycles. The molecule has 0 aliphatic carbocycles. The predicted octanol–water partition coefficient (Wildman–Crippen LogP) is -1.05. The number of nitrogen functional groups attached to an aromatic ring is 1. The third kappa shape index (κ3) is 1.97. The number of H-pyrrole nitrogens is 1. The molecule has 2 rings (SSSR count). The van der Waals surface area contributed by atoms with E-state index in [0.29, 0.717) is 31.7 Å². The van der Waals surface area contributed by atoms with Gasteiger partial charge in [0.1, 0.15) is 5.69 Å². The molecule has 1 aromatic rings. The van der Waals surface area contributed by atoms with Gasteiger partial charge in [-0.25, -0.2) is 0 Å². The van der Waals surface area contributed by atoms with E-state index in [1.165, 1.54) is 6.20 Å². The molecule has 0 unspecified atom stereocenters. The largest absolute Gasteiger partial charge is 0.396 e. The van der Waals surface area contributed by atoms with Crippen LogP contribution in [-0.4, -0.2) is 46.5 Å². The smallest absolute Gasteiger partial charge is 0.274 e. The van der Waals surface area contributed by atoms with Crippen LogP contribution in [0, 0.1) is 0 Å². The molecule has 1 aromatic heterocycles. The number of nitrogens with zero attached hydrogens (tertiary/aromatic N) is 2. The number of anilines is 1. The van der Waals surface area contributed by atoms with E-state index in [1.807, 2.05) is 0 Å². The van der Waals surface area contributed by atoms with Crippen LogP contribution in [0.15, 0.2) is 6.20 Å². The second-order valence-electron chi connectivity index (χ2n) is 3.59. The zero-order valence-corrected chi connectivity index (χ0v) is 8.69. The first-order valence-corrected chi connectivity index (χ1v) is 5.03. The highest BCUT2D eigenvalue weighted by molar-refractivity contribution is 5.97. The topological polar surface area (TPSA) is 104 Å². The maximum atomic E-state index is 12.0. The van der Waals surface area contributed by atoms with Crippen LogP contribution >= 0.6 is 0 Å². The SMILES string of the molecule is Nc1cn[nH]c1C(=O)N1CCNC(=O)CC1. The summed E-state index contributed by atoms with van der Waals surface area (Å²) in [4.78, 5) is 24.7. The first kappa shape index (κ1) is 10.5. The number of nitrogens with one attached hydrogen (secondary N) is 2. The molecule has 0 bridgehead atoms. The Bertz CT molecular complexity index is 414. The Morgan fingerprint density at radius 1 is 1.50 bits per heavy atom. The highest BCUT2D eigenvalue weighted by Crippen LogP contribution is 2.10. The van der Waals surface area contributed by atoms with Gasteiger partial charge in [0.05, 0.1) is 11.9 Å². The van der Waals surface area contributed by atoms with E-state index in [1.54, 1.807) is 4.90 Å². The Balaban J connectivity index is 2.10. The molecule has 0 radical (unpaired) electrons. The van der Waals surface area contributed by atoms with E-state index in [2.05, 4.69) is 15.5 Å². The number of hydrogen-bond donors (Lipinski definition) is 3. The number of amides is 2. The highest BCUT2D eigenvalue weighted by atomic mass is 16.2. The highest BCUT2D eigenvalue weighted by Gasteiger charge is 2.22. The maximum Gasteiger partial charge on any atom is 0.274 e. The molecule has 7 nitrogen and oxygen atoms in total. The normalized spacial score (nSPS) is 16.8. The van der Waals surface area contributed by atoms with Gasteiger partial charge in [-0.1, -0.05) is 0 Å². The first-order chi connectivity index (χ1) is 7.68. The van der Waals surface area contributed by atoms with Gasteiger partial charge in [-0.15, -0.1) is 0 Å². The summed E-state index contributed by atoms with van der Waals surface area (Å²) in [6.07, 6.45) is 1.72. The molecule has 4 N–H and O–H groups in total. The average molecular weight is 223 g/mol. The molecular weight excluding hydrogens is 210 g/mol. The lowest BCUT2D eigenvalue weighted by atomic mass is 10.3. The minimum absolute atomic E-state index is 0.0344. The number of carbonyl (C=O) groups excluding carboxylic acids is 2. The molecule has 0 saturated carbocycles. The number of rotatable bonds is 1. The van der Waals surface area contributed by atoms with Gasteiger partial charge >= 0.3 is 0 Å². The zero-order chi connectivity index (χ0) is 11.5. The van der Waals surface area contributed by atoms with Crippen LogP contribution in [0.1, 0.15) is 16.9 Å². The summed E-state index contributed by atoms with van der Waals surface area (Å²) in [7, 11) is 0. The molecule has 1 fully saturated rings. The van der Waals surface area contributed by atoms with E-state index in [9.17, 15) is 9.59 Å². The van der Waals surface area contributed by atoms with Crippen LogP contribution in [-0.2, 0) is 4.79 Å². The Hall–Kier alpha value is -2.05. The molecule has 0 atom stereocenters. The molecule has 0 spiro atoms. The van der Waals surface area contributed by atoms with Crippen molar-refractivity contribution in [3.8, 4) is 0 Å². The fourth-order valence-electron chi connectivity index (χ4n) is 1.59. The third-order valence-electron chi connectivity index (χ3n) is 2.48. The minimum atomic E-state index is -0.216. The van der Waals surface area contributed by atoms with Crippen LogP contribution in [0.5, 0.6) is 0 Å². The van der Waals surface area contributed by atoms with Crippen molar-refractivity contribution in [2.24, 2.45) is 0 Å². The number of hydrogen-bond acceptors (Lipinski definition) is 4. The first-order valence-electron chi connectivity index (χ1n) is 5.03. The van der Waals surface area contributed by atoms with Gasteiger partial charge in [0.2, 0.25) is 5.91 Å². The van der Waals surface area contributed by atoms with Crippen LogP contribution in [0.4, 0.5) is 5.69 Å². The Morgan fingerprint density at radius 2 is 2.31 bits per heavy atom. The van der Waals surface area contributed by atoms with E-state index in [-0.39, 0.29) is 17.5 Å². The van der Waals surface area contributed by atoms with Crippen molar-refractivity contribution in [1.29, 1.82) is 0 Å².